The fourth-order valence-electron chi connectivity index (χ4n) is 2.93. The van der Waals surface area contributed by atoms with Gasteiger partial charge in [-0.1, -0.05) is 0 Å². The van der Waals surface area contributed by atoms with E-state index >= 15 is 0 Å². The van der Waals surface area contributed by atoms with Crippen LogP contribution in [0.3, 0.4) is 0 Å². The lowest BCUT2D eigenvalue weighted by atomic mass is 10.1. The van der Waals surface area contributed by atoms with E-state index in [1.165, 1.54) is 29.2 Å². The number of halogens is 1. The van der Waals surface area contributed by atoms with Crippen LogP contribution in [0.15, 0.2) is 48.5 Å². The lowest BCUT2D eigenvalue weighted by Crippen LogP contribution is -2.41. The standard InChI is InChI=1S/C19H20FN3O2/c1-22(2)15-9-5-14(6-10-15)21-19(25)17-11-12-18(24)23(17)16-7-3-13(20)4-8-16/h3-10,17H,11-12H2,1-2H3,(H,21,25). The normalized spacial score (nSPS) is 16.8. The lowest BCUT2D eigenvalue weighted by Gasteiger charge is -2.24. The third kappa shape index (κ3) is 3.63. The van der Waals surface area contributed by atoms with Crippen molar-refractivity contribution in [2.45, 2.75) is 18.9 Å². The molecule has 1 aliphatic heterocycles. The Kier molecular flexibility index (Phi) is 4.70. The van der Waals surface area contributed by atoms with E-state index in [9.17, 15) is 14.0 Å². The van der Waals surface area contributed by atoms with Crippen LogP contribution in [0.2, 0.25) is 0 Å². The van der Waals surface area contributed by atoms with Crippen LogP contribution in [0.1, 0.15) is 12.8 Å². The van der Waals surface area contributed by atoms with Gasteiger partial charge in [0.1, 0.15) is 11.9 Å². The Hall–Kier alpha value is -2.89. The number of hydrogen-bond acceptors (Lipinski definition) is 3. The molecule has 6 heteroatoms. The summed E-state index contributed by atoms with van der Waals surface area (Å²) in [5.74, 6) is -0.750. The molecule has 2 aromatic rings. The fourth-order valence-corrected chi connectivity index (χ4v) is 2.93. The van der Waals surface area contributed by atoms with E-state index in [0.29, 0.717) is 24.2 Å². The predicted octanol–water partition coefficient (Wildman–Crippen LogP) is 3.03. The number of rotatable bonds is 4. The summed E-state index contributed by atoms with van der Waals surface area (Å²) in [7, 11) is 3.89. The van der Waals surface area contributed by atoms with Gasteiger partial charge in [-0.2, -0.15) is 0 Å². The first-order chi connectivity index (χ1) is 12.0. The highest BCUT2D eigenvalue weighted by atomic mass is 19.1. The van der Waals surface area contributed by atoms with Crippen molar-refractivity contribution in [3.05, 3.63) is 54.3 Å². The van der Waals surface area contributed by atoms with E-state index in [4.69, 9.17) is 0 Å². The van der Waals surface area contributed by atoms with Crippen molar-refractivity contribution in [3.8, 4) is 0 Å². The molecule has 2 amide bonds. The van der Waals surface area contributed by atoms with Crippen molar-refractivity contribution in [2.75, 3.05) is 29.2 Å². The molecule has 25 heavy (non-hydrogen) atoms. The molecule has 1 saturated heterocycles. The minimum absolute atomic E-state index is 0.130. The summed E-state index contributed by atoms with van der Waals surface area (Å²) in [5, 5.41) is 2.86. The molecule has 1 N–H and O–H groups in total. The van der Waals surface area contributed by atoms with Crippen molar-refractivity contribution in [1.29, 1.82) is 0 Å². The van der Waals surface area contributed by atoms with Gasteiger partial charge in [-0.05, 0) is 55.0 Å². The smallest absolute Gasteiger partial charge is 0.247 e. The van der Waals surface area contributed by atoms with Gasteiger partial charge in [0.05, 0.1) is 0 Å². The molecular weight excluding hydrogens is 321 g/mol. The average molecular weight is 341 g/mol. The van der Waals surface area contributed by atoms with Gasteiger partial charge in [0.25, 0.3) is 0 Å². The molecule has 0 bridgehead atoms. The van der Waals surface area contributed by atoms with Gasteiger partial charge in [-0.3, -0.25) is 14.5 Å². The van der Waals surface area contributed by atoms with Gasteiger partial charge in [0.15, 0.2) is 0 Å². The molecule has 1 atom stereocenters. The second-order valence-corrected chi connectivity index (χ2v) is 6.23. The summed E-state index contributed by atoms with van der Waals surface area (Å²) < 4.78 is 13.1. The van der Waals surface area contributed by atoms with Gasteiger partial charge in [-0.15, -0.1) is 0 Å². The van der Waals surface area contributed by atoms with Crippen LogP contribution in [0, 0.1) is 5.82 Å². The molecule has 2 aromatic carbocycles. The maximum atomic E-state index is 13.1. The zero-order chi connectivity index (χ0) is 18.0. The first-order valence-electron chi connectivity index (χ1n) is 8.11. The van der Waals surface area contributed by atoms with Crippen LogP contribution in [0.25, 0.3) is 0 Å². The van der Waals surface area contributed by atoms with E-state index in [1.807, 2.05) is 43.3 Å². The monoisotopic (exact) mass is 341 g/mol. The van der Waals surface area contributed by atoms with Crippen LogP contribution in [0.4, 0.5) is 21.5 Å². The summed E-state index contributed by atoms with van der Waals surface area (Å²) in [4.78, 5) is 28.3. The van der Waals surface area contributed by atoms with Crippen molar-refractivity contribution >= 4 is 28.9 Å². The second kappa shape index (κ2) is 6.93. The summed E-state index contributed by atoms with van der Waals surface area (Å²) in [6.07, 6.45) is 0.743. The molecule has 5 nitrogen and oxygen atoms in total. The molecule has 0 radical (unpaired) electrons. The summed E-state index contributed by atoms with van der Waals surface area (Å²) in [6.45, 7) is 0. The lowest BCUT2D eigenvalue weighted by molar-refractivity contribution is -0.120. The number of anilines is 3. The molecule has 1 unspecified atom stereocenters. The maximum absolute atomic E-state index is 13.1. The number of nitrogens with zero attached hydrogens (tertiary/aromatic N) is 2. The molecule has 0 aromatic heterocycles. The van der Waals surface area contributed by atoms with Gasteiger partial charge in [-0.25, -0.2) is 4.39 Å². The number of nitrogens with one attached hydrogen (secondary N) is 1. The molecular formula is C19H20FN3O2. The zero-order valence-corrected chi connectivity index (χ0v) is 14.2. The molecule has 0 aliphatic carbocycles. The van der Waals surface area contributed by atoms with E-state index in [0.717, 1.165) is 5.69 Å². The van der Waals surface area contributed by atoms with Gasteiger partial charge < -0.3 is 10.2 Å². The summed E-state index contributed by atoms with van der Waals surface area (Å²) in [5.41, 5.74) is 2.24. The van der Waals surface area contributed by atoms with E-state index < -0.39 is 6.04 Å². The molecule has 0 spiro atoms. The third-order valence-corrected chi connectivity index (χ3v) is 4.27. The number of benzene rings is 2. The number of carbonyl (C=O) groups is 2. The third-order valence-electron chi connectivity index (χ3n) is 4.27. The summed E-state index contributed by atoms with van der Waals surface area (Å²) >= 11 is 0. The molecule has 1 fully saturated rings. The Balaban J connectivity index is 1.76. The quantitative estimate of drug-likeness (QED) is 0.930. The van der Waals surface area contributed by atoms with Crippen molar-refractivity contribution in [3.63, 3.8) is 0 Å². The van der Waals surface area contributed by atoms with Crippen molar-refractivity contribution < 1.29 is 14.0 Å². The Labute approximate surface area is 146 Å². The fraction of sp³-hybridized carbons (Fsp3) is 0.263. The van der Waals surface area contributed by atoms with E-state index in [2.05, 4.69) is 5.32 Å². The topological polar surface area (TPSA) is 52.7 Å². The second-order valence-electron chi connectivity index (χ2n) is 6.23. The minimum Gasteiger partial charge on any atom is -0.378 e. The predicted molar refractivity (Wildman–Crippen MR) is 96.3 cm³/mol. The van der Waals surface area contributed by atoms with Crippen LogP contribution in [0.5, 0.6) is 0 Å². The number of hydrogen-bond donors (Lipinski definition) is 1. The highest BCUT2D eigenvalue weighted by Crippen LogP contribution is 2.28. The molecule has 0 saturated carbocycles. The average Bonchev–Trinajstić information content (AvgIpc) is 2.98. The largest absolute Gasteiger partial charge is 0.378 e. The van der Waals surface area contributed by atoms with Gasteiger partial charge in [0.2, 0.25) is 11.8 Å². The Morgan fingerprint density at radius 2 is 1.76 bits per heavy atom. The first kappa shape index (κ1) is 17.0. The highest BCUT2D eigenvalue weighted by molar-refractivity contribution is 6.07. The SMILES string of the molecule is CN(C)c1ccc(NC(=O)C2CCC(=O)N2c2ccc(F)cc2)cc1. The van der Waals surface area contributed by atoms with Crippen LogP contribution < -0.4 is 15.1 Å². The highest BCUT2D eigenvalue weighted by Gasteiger charge is 2.37. The van der Waals surface area contributed by atoms with Crippen LogP contribution in [-0.4, -0.2) is 32.0 Å². The zero-order valence-electron chi connectivity index (χ0n) is 14.2. The number of carbonyl (C=O) groups excluding carboxylic acids is 2. The molecule has 1 heterocycles. The molecule has 1 aliphatic rings. The molecule has 3 rings (SSSR count). The van der Waals surface area contributed by atoms with E-state index in [1.54, 1.807) is 0 Å². The summed E-state index contributed by atoms with van der Waals surface area (Å²) in [6, 6.07) is 12.5. The Morgan fingerprint density at radius 1 is 1.12 bits per heavy atom. The first-order valence-corrected chi connectivity index (χ1v) is 8.11. The van der Waals surface area contributed by atoms with Crippen molar-refractivity contribution in [1.82, 2.24) is 0 Å². The van der Waals surface area contributed by atoms with Gasteiger partial charge in [0, 0.05) is 37.6 Å². The Bertz CT molecular complexity index is 772. The van der Waals surface area contributed by atoms with Crippen LogP contribution in [-0.2, 0) is 9.59 Å². The number of amides is 2. The van der Waals surface area contributed by atoms with Crippen LogP contribution >= 0.6 is 0 Å². The molecule has 130 valence electrons. The Morgan fingerprint density at radius 3 is 2.36 bits per heavy atom. The minimum atomic E-state index is -0.591. The van der Waals surface area contributed by atoms with E-state index in [-0.39, 0.29) is 17.6 Å². The maximum Gasteiger partial charge on any atom is 0.247 e. The van der Waals surface area contributed by atoms with Crippen molar-refractivity contribution in [2.24, 2.45) is 0 Å². The van der Waals surface area contributed by atoms with Gasteiger partial charge >= 0.3 is 0 Å².